The molecule has 0 unspecified atom stereocenters. The van der Waals surface area contributed by atoms with Gasteiger partial charge in [0.1, 0.15) is 0 Å². The van der Waals surface area contributed by atoms with Crippen LogP contribution in [0.2, 0.25) is 0 Å². The molecule has 2 nitrogen and oxygen atoms in total. The van der Waals surface area contributed by atoms with Gasteiger partial charge in [-0.25, -0.2) is 0 Å². The second-order valence-corrected chi connectivity index (χ2v) is 6.09. The summed E-state index contributed by atoms with van der Waals surface area (Å²) in [5.74, 6) is -0.653. The molecule has 0 rings (SSSR count). The van der Waals surface area contributed by atoms with Gasteiger partial charge in [-0.1, -0.05) is 96.8 Å². The molecule has 4 heteroatoms. The fourth-order valence-electron chi connectivity index (χ4n) is 2.65. The number of hydrogen-bond acceptors (Lipinski definition) is 1. The van der Waals surface area contributed by atoms with E-state index in [4.69, 9.17) is 5.11 Å². The summed E-state index contributed by atoms with van der Waals surface area (Å²) in [5, 5.41) is 8.52. The van der Waals surface area contributed by atoms with E-state index >= 15 is 0 Å². The van der Waals surface area contributed by atoms with E-state index in [-0.39, 0.29) is 55.1 Å². The van der Waals surface area contributed by atoms with Crippen molar-refractivity contribution in [3.8, 4) is 0 Å². The Morgan fingerprint density at radius 3 is 1.18 bits per heavy atom. The molecule has 0 fully saturated rings. The van der Waals surface area contributed by atoms with E-state index in [1.165, 1.54) is 83.5 Å². The summed E-state index contributed by atoms with van der Waals surface area (Å²) in [5.41, 5.74) is 0. The summed E-state index contributed by atoms with van der Waals surface area (Å²) in [7, 11) is 0. The van der Waals surface area contributed by atoms with Crippen LogP contribution in [-0.2, 0) is 22.2 Å². The number of aliphatic carboxylic acids is 1. The van der Waals surface area contributed by atoms with E-state index in [0.29, 0.717) is 6.42 Å². The first-order valence-electron chi connectivity index (χ1n) is 8.99. The summed E-state index contributed by atoms with van der Waals surface area (Å²) in [6.45, 7) is 2.27. The predicted octanol–water partition coefficient (Wildman–Crippen LogP) is 5.41. The van der Waals surface area contributed by atoms with Crippen LogP contribution >= 0.6 is 0 Å². The van der Waals surface area contributed by atoms with Gasteiger partial charge in [0, 0.05) is 23.8 Å². The van der Waals surface area contributed by atoms with Crippen LogP contribution in [0.5, 0.6) is 0 Å². The average Bonchev–Trinajstić information content (AvgIpc) is 2.43. The minimum atomic E-state index is -0.653. The summed E-state index contributed by atoms with van der Waals surface area (Å²) < 4.78 is 0. The first-order valence-corrected chi connectivity index (χ1v) is 8.99. The number of unbranched alkanes of at least 4 members (excludes halogenated alkanes) is 14. The Morgan fingerprint density at radius 1 is 0.636 bits per heavy atom. The van der Waals surface area contributed by atoms with Crippen LogP contribution in [0.25, 0.3) is 0 Å². The Labute approximate surface area is 179 Å². The molecule has 130 valence electrons. The van der Waals surface area contributed by atoms with Gasteiger partial charge in [-0.2, -0.15) is 0 Å². The molecule has 0 amide bonds. The van der Waals surface area contributed by atoms with Crippen LogP contribution < -0.4 is 0 Å². The Morgan fingerprint density at radius 2 is 0.909 bits per heavy atom. The summed E-state index contributed by atoms with van der Waals surface area (Å²) in [6, 6.07) is 0. The number of rotatable bonds is 16. The maximum Gasteiger partial charge on any atom is 0 e. The van der Waals surface area contributed by atoms with Crippen molar-refractivity contribution < 1.29 is 27.3 Å². The number of carbonyl (C=O) groups is 1. The van der Waals surface area contributed by atoms with Gasteiger partial charge in [0.2, 0.25) is 0 Å². The largest absolute Gasteiger partial charge is 0 e. The molecule has 0 aliphatic carbocycles. The second-order valence-electron chi connectivity index (χ2n) is 6.09. The molecule has 0 radical (unpaired) electrons. The summed E-state index contributed by atoms with van der Waals surface area (Å²) in [4.78, 5) is 10.3. The van der Waals surface area contributed by atoms with Crippen LogP contribution in [0.1, 0.15) is 110 Å². The molecule has 0 aromatic heterocycles. The fraction of sp³-hybridized carbons (Fsp3) is 0.944. The molecule has 0 bridgehead atoms. The number of hydrogen-bond donors (Lipinski definition) is 1. The van der Waals surface area contributed by atoms with Crippen LogP contribution in [-0.4, -0.2) is 48.8 Å². The normalized spacial score (nSPS) is 9.86. The van der Waals surface area contributed by atoms with E-state index in [9.17, 15) is 4.79 Å². The zero-order valence-electron chi connectivity index (χ0n) is 14.1. The van der Waals surface area contributed by atoms with E-state index in [2.05, 4.69) is 6.92 Å². The molecule has 0 aliphatic rings. The summed E-state index contributed by atoms with van der Waals surface area (Å²) >= 11 is 0. The minimum absolute atomic E-state index is 0. The molecule has 0 heterocycles. The molecule has 0 aromatic carbocycles. The quantitative estimate of drug-likeness (QED) is 0.288. The predicted molar refractivity (Wildman–Crippen MR) is 95.7 cm³/mol. The van der Waals surface area contributed by atoms with Crippen molar-refractivity contribution >= 4 is 43.7 Å². The van der Waals surface area contributed by atoms with Crippen molar-refractivity contribution in [1.82, 2.24) is 0 Å². The minimum Gasteiger partial charge on any atom is 0 e. The maximum atomic E-state index is 10.3. The Balaban J connectivity index is -0.00000180. The summed E-state index contributed by atoms with van der Waals surface area (Å²) in [6.07, 6.45) is 20.2. The van der Waals surface area contributed by atoms with Crippen LogP contribution in [0.15, 0.2) is 0 Å². The molecule has 0 saturated carbocycles. The van der Waals surface area contributed by atoms with Gasteiger partial charge in [0.25, 0.3) is 0 Å². The van der Waals surface area contributed by atoms with Gasteiger partial charge in [0.05, 0.1) is 0 Å². The molecule has 0 saturated heterocycles. The Bertz CT molecular complexity index is 213. The molecular formula is C18H38CaCrO2. The molecule has 0 aliphatic heterocycles. The SMILES string of the molecule is CCCCCCCCCCCCCCCCCC(=O)O.[CaH2].[Cr]. The first kappa shape index (κ1) is 28.1. The monoisotopic (exact) mass is 378 g/mol. The second kappa shape index (κ2) is 24.5. The van der Waals surface area contributed by atoms with Crippen molar-refractivity contribution in [3.05, 3.63) is 0 Å². The topological polar surface area (TPSA) is 37.3 Å². The van der Waals surface area contributed by atoms with Crippen molar-refractivity contribution in [3.63, 3.8) is 0 Å². The Hall–Kier alpha value is 1.26. The fourth-order valence-corrected chi connectivity index (χ4v) is 2.65. The van der Waals surface area contributed by atoms with Crippen molar-refractivity contribution in [2.75, 3.05) is 0 Å². The zero-order chi connectivity index (χ0) is 14.9. The number of carboxylic acids is 1. The molecule has 1 N–H and O–H groups in total. The van der Waals surface area contributed by atoms with Gasteiger partial charge >= 0.3 is 43.7 Å². The standard InChI is InChI=1S/C18H36O2.Ca.Cr.2H/c1-2-3-4-5-6-7-8-9-10-11-12-13-14-15-16-17-18(19)20;;;;/h2-17H2,1H3,(H,19,20);;;;. The molecule has 22 heavy (non-hydrogen) atoms. The Kier molecular flexibility index (Phi) is 31.3. The van der Waals surface area contributed by atoms with E-state index in [0.717, 1.165) is 12.8 Å². The van der Waals surface area contributed by atoms with E-state index in [1.807, 2.05) is 0 Å². The van der Waals surface area contributed by atoms with Crippen molar-refractivity contribution in [2.24, 2.45) is 0 Å². The van der Waals surface area contributed by atoms with Crippen molar-refractivity contribution in [2.45, 2.75) is 110 Å². The molecule has 0 spiro atoms. The first-order chi connectivity index (χ1) is 9.77. The third kappa shape index (κ3) is 26.2. The van der Waals surface area contributed by atoms with Gasteiger partial charge in [-0.05, 0) is 6.42 Å². The van der Waals surface area contributed by atoms with Crippen LogP contribution in [0, 0.1) is 0 Å². The van der Waals surface area contributed by atoms with E-state index < -0.39 is 5.97 Å². The third-order valence-corrected chi connectivity index (χ3v) is 3.99. The molecule has 0 atom stereocenters. The van der Waals surface area contributed by atoms with Gasteiger partial charge in [-0.15, -0.1) is 0 Å². The smallest absolute Gasteiger partial charge is 0 e. The van der Waals surface area contributed by atoms with Crippen molar-refractivity contribution in [1.29, 1.82) is 0 Å². The van der Waals surface area contributed by atoms with Crippen LogP contribution in [0.3, 0.4) is 0 Å². The van der Waals surface area contributed by atoms with Gasteiger partial charge < -0.3 is 5.11 Å². The van der Waals surface area contributed by atoms with Crippen LogP contribution in [0.4, 0.5) is 0 Å². The van der Waals surface area contributed by atoms with Gasteiger partial charge in [-0.3, -0.25) is 4.79 Å². The van der Waals surface area contributed by atoms with Gasteiger partial charge in [0.15, 0.2) is 0 Å². The average molecular weight is 379 g/mol. The zero-order valence-corrected chi connectivity index (χ0v) is 15.4. The molecular weight excluding hydrogens is 340 g/mol. The molecule has 0 aromatic rings. The number of carboxylic acid groups (broad SMARTS) is 1. The third-order valence-electron chi connectivity index (χ3n) is 3.99. The maximum absolute atomic E-state index is 10.3. The van der Waals surface area contributed by atoms with E-state index in [1.54, 1.807) is 0 Å².